The van der Waals surface area contributed by atoms with Crippen LogP contribution in [-0.4, -0.2) is 30.2 Å². The lowest BCUT2D eigenvalue weighted by Crippen LogP contribution is -2.27. The first kappa shape index (κ1) is 9.40. The van der Waals surface area contributed by atoms with Crippen LogP contribution in [0.1, 0.15) is 24.5 Å². The van der Waals surface area contributed by atoms with Gasteiger partial charge in [0, 0.05) is 5.92 Å². The Hall–Kier alpha value is -1.16. The third-order valence-electron chi connectivity index (χ3n) is 2.65. The van der Waals surface area contributed by atoms with Crippen molar-refractivity contribution in [3.8, 4) is 5.75 Å². The normalized spacial score (nSPS) is 18.1. The van der Waals surface area contributed by atoms with Crippen molar-refractivity contribution in [1.82, 2.24) is 15.3 Å². The number of piperidine rings is 1. The lowest BCUT2D eigenvalue weighted by Gasteiger charge is -2.22. The molecule has 2 rings (SSSR count). The molecule has 1 N–H and O–H groups in total. The lowest BCUT2D eigenvalue weighted by atomic mass is 9.94. The number of hydrogen-bond acceptors (Lipinski definition) is 4. The van der Waals surface area contributed by atoms with Crippen LogP contribution < -0.4 is 10.1 Å². The Kier molecular flexibility index (Phi) is 2.93. The molecule has 4 nitrogen and oxygen atoms in total. The molecule has 1 aliphatic rings. The summed E-state index contributed by atoms with van der Waals surface area (Å²) in [7, 11) is 1.67. The molecule has 1 aromatic rings. The second-order valence-corrected chi connectivity index (χ2v) is 3.50. The van der Waals surface area contributed by atoms with Gasteiger partial charge in [0.15, 0.2) is 5.75 Å². The first-order valence-electron chi connectivity index (χ1n) is 4.96. The number of nitrogens with one attached hydrogen (secondary N) is 1. The van der Waals surface area contributed by atoms with Crippen LogP contribution in [0.4, 0.5) is 0 Å². The van der Waals surface area contributed by atoms with Crippen LogP contribution in [0, 0.1) is 0 Å². The third-order valence-corrected chi connectivity index (χ3v) is 2.65. The number of aromatic nitrogens is 2. The van der Waals surface area contributed by atoms with Gasteiger partial charge in [-0.25, -0.2) is 9.97 Å². The van der Waals surface area contributed by atoms with Crippen molar-refractivity contribution in [2.75, 3.05) is 20.2 Å². The quantitative estimate of drug-likeness (QED) is 0.759. The molecule has 76 valence electrons. The van der Waals surface area contributed by atoms with E-state index in [1.165, 1.54) is 0 Å². The van der Waals surface area contributed by atoms with E-state index in [0.717, 1.165) is 37.4 Å². The van der Waals surface area contributed by atoms with E-state index in [4.69, 9.17) is 4.74 Å². The molecule has 0 bridgehead atoms. The van der Waals surface area contributed by atoms with Crippen LogP contribution in [0.15, 0.2) is 12.5 Å². The summed E-state index contributed by atoms with van der Waals surface area (Å²) >= 11 is 0. The van der Waals surface area contributed by atoms with E-state index in [1.54, 1.807) is 19.6 Å². The molecule has 1 aromatic heterocycles. The molecule has 4 heteroatoms. The minimum absolute atomic E-state index is 0.522. The van der Waals surface area contributed by atoms with Gasteiger partial charge in [-0.1, -0.05) is 0 Å². The standard InChI is InChI=1S/C10H15N3O/c1-14-9-6-12-7-13-10(9)8-2-4-11-5-3-8/h6-8,11H,2-5H2,1H3. The maximum Gasteiger partial charge on any atom is 0.158 e. The SMILES string of the molecule is COc1cncnc1C1CCNCC1. The molecule has 0 amide bonds. The summed E-state index contributed by atoms with van der Waals surface area (Å²) in [5, 5.41) is 3.34. The van der Waals surface area contributed by atoms with Gasteiger partial charge >= 0.3 is 0 Å². The van der Waals surface area contributed by atoms with Crippen LogP contribution in [0.2, 0.25) is 0 Å². The first-order chi connectivity index (χ1) is 6.92. The Morgan fingerprint density at radius 1 is 1.43 bits per heavy atom. The molecular weight excluding hydrogens is 178 g/mol. The number of methoxy groups -OCH3 is 1. The highest BCUT2D eigenvalue weighted by Crippen LogP contribution is 2.29. The van der Waals surface area contributed by atoms with E-state index in [0.29, 0.717) is 5.92 Å². The zero-order valence-electron chi connectivity index (χ0n) is 8.36. The van der Waals surface area contributed by atoms with Crippen molar-refractivity contribution >= 4 is 0 Å². The third kappa shape index (κ3) is 1.85. The van der Waals surface area contributed by atoms with Crippen LogP contribution in [0.25, 0.3) is 0 Å². The predicted molar refractivity (Wildman–Crippen MR) is 53.4 cm³/mol. The molecule has 1 fully saturated rings. The van der Waals surface area contributed by atoms with Crippen LogP contribution >= 0.6 is 0 Å². The number of nitrogens with zero attached hydrogens (tertiary/aromatic N) is 2. The van der Waals surface area contributed by atoms with E-state index in [1.807, 2.05) is 0 Å². The molecule has 0 atom stereocenters. The molecular formula is C10H15N3O. The Labute approximate surface area is 83.7 Å². The fourth-order valence-electron chi connectivity index (χ4n) is 1.89. The van der Waals surface area contributed by atoms with E-state index >= 15 is 0 Å². The summed E-state index contributed by atoms with van der Waals surface area (Å²) in [6, 6.07) is 0. The minimum atomic E-state index is 0.522. The molecule has 0 spiro atoms. The fourth-order valence-corrected chi connectivity index (χ4v) is 1.89. The van der Waals surface area contributed by atoms with Crippen molar-refractivity contribution in [3.05, 3.63) is 18.2 Å². The molecule has 14 heavy (non-hydrogen) atoms. The maximum absolute atomic E-state index is 5.25. The van der Waals surface area contributed by atoms with E-state index in [2.05, 4.69) is 15.3 Å². The smallest absolute Gasteiger partial charge is 0.158 e. The molecule has 0 unspecified atom stereocenters. The zero-order valence-corrected chi connectivity index (χ0v) is 8.36. The largest absolute Gasteiger partial charge is 0.493 e. The topological polar surface area (TPSA) is 47.0 Å². The van der Waals surface area contributed by atoms with Gasteiger partial charge in [0.25, 0.3) is 0 Å². The highest BCUT2D eigenvalue weighted by Gasteiger charge is 2.19. The molecule has 1 aliphatic heterocycles. The van der Waals surface area contributed by atoms with Crippen LogP contribution in [0.3, 0.4) is 0 Å². The summed E-state index contributed by atoms with van der Waals surface area (Å²) in [6.45, 7) is 2.13. The van der Waals surface area contributed by atoms with E-state index < -0.39 is 0 Å². The summed E-state index contributed by atoms with van der Waals surface area (Å²) in [4.78, 5) is 8.27. The Bertz CT molecular complexity index is 297. The van der Waals surface area contributed by atoms with Crippen LogP contribution in [0.5, 0.6) is 5.75 Å². The molecule has 1 saturated heterocycles. The second-order valence-electron chi connectivity index (χ2n) is 3.50. The van der Waals surface area contributed by atoms with Gasteiger partial charge in [-0.15, -0.1) is 0 Å². The minimum Gasteiger partial charge on any atom is -0.493 e. The highest BCUT2D eigenvalue weighted by molar-refractivity contribution is 5.27. The first-order valence-corrected chi connectivity index (χ1v) is 4.96. The molecule has 0 radical (unpaired) electrons. The Morgan fingerprint density at radius 2 is 2.21 bits per heavy atom. The summed E-state index contributed by atoms with van der Waals surface area (Å²) < 4.78 is 5.25. The molecule has 0 aromatic carbocycles. The van der Waals surface area contributed by atoms with Crippen molar-refractivity contribution in [3.63, 3.8) is 0 Å². The van der Waals surface area contributed by atoms with E-state index in [-0.39, 0.29) is 0 Å². The van der Waals surface area contributed by atoms with Gasteiger partial charge in [-0.3, -0.25) is 0 Å². The Morgan fingerprint density at radius 3 is 2.93 bits per heavy atom. The number of rotatable bonds is 2. The van der Waals surface area contributed by atoms with Crippen LogP contribution in [-0.2, 0) is 0 Å². The van der Waals surface area contributed by atoms with Crippen molar-refractivity contribution < 1.29 is 4.74 Å². The van der Waals surface area contributed by atoms with Gasteiger partial charge in [0.2, 0.25) is 0 Å². The Balaban J connectivity index is 2.20. The van der Waals surface area contributed by atoms with Crippen molar-refractivity contribution in [1.29, 1.82) is 0 Å². The summed E-state index contributed by atoms with van der Waals surface area (Å²) in [6.07, 6.45) is 5.60. The predicted octanol–water partition coefficient (Wildman–Crippen LogP) is 0.952. The van der Waals surface area contributed by atoms with Crippen molar-refractivity contribution in [2.45, 2.75) is 18.8 Å². The fraction of sp³-hybridized carbons (Fsp3) is 0.600. The van der Waals surface area contributed by atoms with Gasteiger partial charge < -0.3 is 10.1 Å². The van der Waals surface area contributed by atoms with Crippen molar-refractivity contribution in [2.24, 2.45) is 0 Å². The molecule has 2 heterocycles. The number of hydrogen-bond donors (Lipinski definition) is 1. The van der Waals surface area contributed by atoms with E-state index in [9.17, 15) is 0 Å². The number of ether oxygens (including phenoxy) is 1. The maximum atomic E-state index is 5.25. The molecule has 0 saturated carbocycles. The monoisotopic (exact) mass is 193 g/mol. The zero-order chi connectivity index (χ0) is 9.80. The second kappa shape index (κ2) is 4.37. The lowest BCUT2D eigenvalue weighted by molar-refractivity contribution is 0.383. The highest BCUT2D eigenvalue weighted by atomic mass is 16.5. The molecule has 0 aliphatic carbocycles. The average Bonchev–Trinajstić information content (AvgIpc) is 2.30. The average molecular weight is 193 g/mol. The summed E-state index contributed by atoms with van der Waals surface area (Å²) in [5.41, 5.74) is 1.06. The van der Waals surface area contributed by atoms with Gasteiger partial charge in [-0.05, 0) is 25.9 Å². The van der Waals surface area contributed by atoms with Gasteiger partial charge in [-0.2, -0.15) is 0 Å². The van der Waals surface area contributed by atoms with Gasteiger partial charge in [0.1, 0.15) is 6.33 Å². The van der Waals surface area contributed by atoms with Gasteiger partial charge in [0.05, 0.1) is 19.0 Å². The summed E-state index contributed by atoms with van der Waals surface area (Å²) in [5.74, 6) is 1.34.